The molecule has 2 N–H and O–H groups in total. The molecule has 17 heavy (non-hydrogen) atoms. The molecule has 0 aliphatic rings. The van der Waals surface area contributed by atoms with E-state index in [1.807, 2.05) is 18.2 Å². The van der Waals surface area contributed by atoms with Crippen molar-refractivity contribution >= 4 is 27.5 Å². The van der Waals surface area contributed by atoms with Crippen LogP contribution in [0.4, 0.5) is 5.69 Å². The van der Waals surface area contributed by atoms with Crippen LogP contribution in [0.5, 0.6) is 0 Å². The van der Waals surface area contributed by atoms with Gasteiger partial charge in [0.2, 0.25) is 0 Å². The van der Waals surface area contributed by atoms with Gasteiger partial charge in [-0.15, -0.1) is 0 Å². The molecule has 92 valence electrons. The first-order valence-electron chi connectivity index (χ1n) is 5.66. The van der Waals surface area contributed by atoms with Crippen LogP contribution in [0, 0.1) is 0 Å². The van der Waals surface area contributed by atoms with Crippen molar-refractivity contribution < 1.29 is 4.21 Å². The van der Waals surface area contributed by atoms with Crippen LogP contribution in [0.25, 0.3) is 11.0 Å². The van der Waals surface area contributed by atoms with Crippen LogP contribution in [0.2, 0.25) is 0 Å². The average molecular weight is 251 g/mol. The Bertz CT molecular complexity index is 562. The first kappa shape index (κ1) is 12.1. The molecule has 0 bridgehead atoms. The summed E-state index contributed by atoms with van der Waals surface area (Å²) < 4.78 is 13.3. The van der Waals surface area contributed by atoms with Crippen molar-refractivity contribution in [1.29, 1.82) is 0 Å². The number of rotatable bonds is 4. The van der Waals surface area contributed by atoms with Gasteiger partial charge in [0.05, 0.1) is 11.0 Å². The first-order valence-corrected chi connectivity index (χ1v) is 7.39. The summed E-state index contributed by atoms with van der Waals surface area (Å²) in [5.41, 5.74) is 8.47. The molecule has 0 saturated carbocycles. The lowest BCUT2D eigenvalue weighted by Crippen LogP contribution is -2.09. The Hall–Kier alpha value is -1.36. The maximum atomic E-state index is 11.2. The van der Waals surface area contributed by atoms with Gasteiger partial charge in [-0.3, -0.25) is 4.21 Å². The minimum atomic E-state index is -0.781. The van der Waals surface area contributed by atoms with Crippen LogP contribution in [0.1, 0.15) is 12.7 Å². The van der Waals surface area contributed by atoms with E-state index in [0.717, 1.165) is 35.5 Å². The highest BCUT2D eigenvalue weighted by Crippen LogP contribution is 2.19. The normalized spacial score (nSPS) is 13.1. The molecule has 0 amide bonds. The lowest BCUT2D eigenvalue weighted by Gasteiger charge is -2.06. The number of anilines is 1. The van der Waals surface area contributed by atoms with Crippen LogP contribution < -0.4 is 5.73 Å². The van der Waals surface area contributed by atoms with Crippen molar-refractivity contribution in [3.63, 3.8) is 0 Å². The predicted molar refractivity (Wildman–Crippen MR) is 72.5 cm³/mol. The molecule has 4 nitrogen and oxygen atoms in total. The topological polar surface area (TPSA) is 60.9 Å². The fraction of sp³-hybridized carbons (Fsp3) is 0.417. The second-order valence-corrected chi connectivity index (χ2v) is 5.61. The molecule has 1 aromatic heterocycles. The van der Waals surface area contributed by atoms with E-state index in [1.54, 1.807) is 6.26 Å². The molecule has 2 rings (SSSR count). The van der Waals surface area contributed by atoms with Gasteiger partial charge in [0.25, 0.3) is 0 Å². The van der Waals surface area contributed by atoms with Gasteiger partial charge in [-0.2, -0.15) is 0 Å². The second kappa shape index (κ2) is 4.87. The molecule has 0 radical (unpaired) electrons. The molecule has 0 saturated heterocycles. The van der Waals surface area contributed by atoms with Crippen molar-refractivity contribution in [2.45, 2.75) is 19.9 Å². The van der Waals surface area contributed by atoms with Crippen molar-refractivity contribution in [2.24, 2.45) is 0 Å². The van der Waals surface area contributed by atoms with E-state index in [9.17, 15) is 4.21 Å². The van der Waals surface area contributed by atoms with Gasteiger partial charge in [-0.05, 0) is 18.2 Å². The Morgan fingerprint density at radius 2 is 2.24 bits per heavy atom. The summed E-state index contributed by atoms with van der Waals surface area (Å²) in [4.78, 5) is 4.55. The van der Waals surface area contributed by atoms with Crippen molar-refractivity contribution in [1.82, 2.24) is 9.55 Å². The van der Waals surface area contributed by atoms with Crippen molar-refractivity contribution in [2.75, 3.05) is 17.7 Å². The van der Waals surface area contributed by atoms with E-state index in [2.05, 4.69) is 16.5 Å². The third-order valence-electron chi connectivity index (χ3n) is 2.77. The van der Waals surface area contributed by atoms with Gasteiger partial charge in [0.15, 0.2) is 0 Å². The number of aryl methyl sites for hydroxylation is 2. The Balaban J connectivity index is 2.47. The summed E-state index contributed by atoms with van der Waals surface area (Å²) in [6.07, 6.45) is 2.59. The zero-order valence-electron chi connectivity index (χ0n) is 10.1. The summed E-state index contributed by atoms with van der Waals surface area (Å²) in [7, 11) is -0.781. The number of aromatic nitrogens is 2. The van der Waals surface area contributed by atoms with Gasteiger partial charge in [-0.25, -0.2) is 4.98 Å². The van der Waals surface area contributed by atoms with Gasteiger partial charge in [0, 0.05) is 41.5 Å². The maximum absolute atomic E-state index is 11.2. The Morgan fingerprint density at radius 3 is 2.88 bits per heavy atom. The van der Waals surface area contributed by atoms with E-state index in [1.165, 1.54) is 0 Å². The standard InChI is InChI=1S/C12H17N3OS/c1-3-12-14-10-8-9(13)4-5-11(10)15(12)6-7-17(2)16/h4-5,8H,3,6-7,13H2,1-2H3. The number of fused-ring (bicyclic) bond motifs is 1. The number of imidazole rings is 1. The van der Waals surface area contributed by atoms with Crippen LogP contribution in [-0.2, 0) is 23.8 Å². The van der Waals surface area contributed by atoms with E-state index in [4.69, 9.17) is 5.73 Å². The van der Waals surface area contributed by atoms with E-state index >= 15 is 0 Å². The zero-order valence-corrected chi connectivity index (χ0v) is 11.0. The van der Waals surface area contributed by atoms with Crippen LogP contribution in [-0.4, -0.2) is 25.8 Å². The van der Waals surface area contributed by atoms with E-state index in [0.29, 0.717) is 5.75 Å². The zero-order chi connectivity index (χ0) is 12.4. The quantitative estimate of drug-likeness (QED) is 0.839. The summed E-state index contributed by atoms with van der Waals surface area (Å²) >= 11 is 0. The molecule has 1 heterocycles. The number of nitrogen functional groups attached to an aromatic ring is 1. The first-order chi connectivity index (χ1) is 8.11. The molecule has 2 aromatic rings. The largest absolute Gasteiger partial charge is 0.399 e. The second-order valence-electron chi connectivity index (χ2n) is 4.06. The molecule has 1 unspecified atom stereocenters. The number of benzene rings is 1. The highest BCUT2D eigenvalue weighted by atomic mass is 32.2. The highest BCUT2D eigenvalue weighted by molar-refractivity contribution is 7.84. The van der Waals surface area contributed by atoms with Gasteiger partial charge in [-0.1, -0.05) is 6.92 Å². The molecule has 1 atom stereocenters. The molecule has 1 aromatic carbocycles. The number of hydrogen-bond donors (Lipinski definition) is 1. The number of nitrogens with zero attached hydrogens (tertiary/aromatic N) is 2. The third-order valence-corrected chi connectivity index (χ3v) is 3.53. The maximum Gasteiger partial charge on any atom is 0.109 e. The fourth-order valence-corrected chi connectivity index (χ4v) is 2.38. The van der Waals surface area contributed by atoms with Crippen LogP contribution in [0.15, 0.2) is 18.2 Å². The molecule has 5 heteroatoms. The van der Waals surface area contributed by atoms with E-state index in [-0.39, 0.29) is 0 Å². The highest BCUT2D eigenvalue weighted by Gasteiger charge is 2.09. The molecule has 0 spiro atoms. The summed E-state index contributed by atoms with van der Waals surface area (Å²) in [6.45, 7) is 2.82. The minimum absolute atomic E-state index is 0.656. The SMILES string of the molecule is CCc1nc2cc(N)ccc2n1CCS(C)=O. The molecule has 0 aliphatic heterocycles. The van der Waals surface area contributed by atoms with Crippen molar-refractivity contribution in [3.05, 3.63) is 24.0 Å². The van der Waals surface area contributed by atoms with Gasteiger partial charge < -0.3 is 10.3 Å². The molecule has 0 fully saturated rings. The Morgan fingerprint density at radius 1 is 1.47 bits per heavy atom. The Kier molecular flexibility index (Phi) is 3.47. The van der Waals surface area contributed by atoms with Crippen LogP contribution in [0.3, 0.4) is 0 Å². The summed E-state index contributed by atoms with van der Waals surface area (Å²) in [5.74, 6) is 1.68. The lowest BCUT2D eigenvalue weighted by molar-refractivity contribution is 0.674. The predicted octanol–water partition coefficient (Wildman–Crippen LogP) is 1.56. The van der Waals surface area contributed by atoms with E-state index < -0.39 is 10.8 Å². The van der Waals surface area contributed by atoms with Gasteiger partial charge >= 0.3 is 0 Å². The average Bonchev–Trinajstić information content (AvgIpc) is 2.63. The molecule has 0 aliphatic carbocycles. The lowest BCUT2D eigenvalue weighted by atomic mass is 10.3. The summed E-state index contributed by atoms with van der Waals surface area (Å²) in [6, 6.07) is 5.74. The van der Waals surface area contributed by atoms with Crippen LogP contribution >= 0.6 is 0 Å². The molecular weight excluding hydrogens is 234 g/mol. The fourth-order valence-electron chi connectivity index (χ4n) is 1.94. The Labute approximate surface area is 103 Å². The van der Waals surface area contributed by atoms with Crippen molar-refractivity contribution in [3.8, 4) is 0 Å². The minimum Gasteiger partial charge on any atom is -0.399 e. The molecular formula is C12H17N3OS. The number of hydrogen-bond acceptors (Lipinski definition) is 3. The third kappa shape index (κ3) is 2.49. The van der Waals surface area contributed by atoms with Gasteiger partial charge in [0.1, 0.15) is 5.82 Å². The number of nitrogens with two attached hydrogens (primary N) is 1. The summed E-state index contributed by atoms with van der Waals surface area (Å²) in [5, 5.41) is 0. The smallest absolute Gasteiger partial charge is 0.109 e. The monoisotopic (exact) mass is 251 g/mol.